The van der Waals surface area contributed by atoms with Gasteiger partial charge in [-0.3, -0.25) is 10.2 Å². The third-order valence-electron chi connectivity index (χ3n) is 4.46. The predicted octanol–water partition coefficient (Wildman–Crippen LogP) is 3.96. The molecular formula is C19H22N2O. The number of hydrogen-bond acceptors (Lipinski definition) is 2. The number of carbonyl (C=O) groups excluding carboxylic acids is 1. The van der Waals surface area contributed by atoms with Crippen molar-refractivity contribution in [3.05, 3.63) is 53.2 Å². The van der Waals surface area contributed by atoms with Crippen LogP contribution in [0.15, 0.2) is 42.1 Å². The highest BCUT2D eigenvalue weighted by Crippen LogP contribution is 2.33. The summed E-state index contributed by atoms with van der Waals surface area (Å²) in [5.41, 5.74) is 8.57. The molecule has 0 unspecified atom stereocenters. The highest BCUT2D eigenvalue weighted by molar-refractivity contribution is 5.95. The molecule has 0 aliphatic carbocycles. The van der Waals surface area contributed by atoms with Crippen molar-refractivity contribution < 1.29 is 4.79 Å². The standard InChI is InChI=1S/C19H22N2O/c1-12(2)14-8-6-9-15-13(7-5-10-16(14)15)11-17-19(3,4)18(22)21-20-17/h5-12,20H,1-4H3,(H,21,22)/b17-11-. The number of fused-ring (bicyclic) bond motifs is 1. The first kappa shape index (κ1) is 14.6. The van der Waals surface area contributed by atoms with Gasteiger partial charge in [0.1, 0.15) is 0 Å². The van der Waals surface area contributed by atoms with E-state index < -0.39 is 5.41 Å². The lowest BCUT2D eigenvalue weighted by molar-refractivity contribution is -0.125. The molecule has 1 fully saturated rings. The first-order chi connectivity index (χ1) is 10.4. The fourth-order valence-electron chi connectivity index (χ4n) is 2.92. The molecule has 3 rings (SSSR count). The number of hydrazine groups is 1. The van der Waals surface area contributed by atoms with E-state index >= 15 is 0 Å². The van der Waals surface area contributed by atoms with E-state index in [0.717, 1.165) is 11.3 Å². The average molecular weight is 294 g/mol. The molecule has 2 aromatic rings. The van der Waals surface area contributed by atoms with E-state index in [-0.39, 0.29) is 5.91 Å². The van der Waals surface area contributed by atoms with Gasteiger partial charge in [0.25, 0.3) is 0 Å². The Morgan fingerprint density at radius 2 is 1.68 bits per heavy atom. The Morgan fingerprint density at radius 1 is 1.00 bits per heavy atom. The van der Waals surface area contributed by atoms with Gasteiger partial charge in [0.15, 0.2) is 0 Å². The number of nitrogens with one attached hydrogen (secondary N) is 2. The van der Waals surface area contributed by atoms with Gasteiger partial charge < -0.3 is 5.43 Å². The van der Waals surface area contributed by atoms with E-state index in [1.165, 1.54) is 16.3 Å². The molecule has 0 saturated carbocycles. The largest absolute Gasteiger partial charge is 0.302 e. The zero-order valence-electron chi connectivity index (χ0n) is 13.5. The smallest absolute Gasteiger partial charge is 0.249 e. The van der Waals surface area contributed by atoms with Gasteiger partial charge in [0, 0.05) is 5.70 Å². The van der Waals surface area contributed by atoms with E-state index in [1.807, 2.05) is 13.8 Å². The zero-order chi connectivity index (χ0) is 15.9. The second-order valence-electron chi connectivity index (χ2n) is 6.71. The van der Waals surface area contributed by atoms with Crippen LogP contribution in [0.4, 0.5) is 0 Å². The maximum atomic E-state index is 11.9. The van der Waals surface area contributed by atoms with Crippen molar-refractivity contribution in [2.45, 2.75) is 33.6 Å². The topological polar surface area (TPSA) is 41.1 Å². The summed E-state index contributed by atoms with van der Waals surface area (Å²) in [5, 5.41) is 2.50. The fourth-order valence-corrected chi connectivity index (χ4v) is 2.92. The number of amides is 1. The van der Waals surface area contributed by atoms with Crippen LogP contribution in [0.3, 0.4) is 0 Å². The van der Waals surface area contributed by atoms with Crippen molar-refractivity contribution >= 4 is 22.8 Å². The zero-order valence-corrected chi connectivity index (χ0v) is 13.5. The van der Waals surface area contributed by atoms with Gasteiger partial charge in [-0.15, -0.1) is 0 Å². The van der Waals surface area contributed by atoms with Crippen LogP contribution in [0.1, 0.15) is 44.7 Å². The maximum Gasteiger partial charge on any atom is 0.249 e. The predicted molar refractivity (Wildman–Crippen MR) is 91.1 cm³/mol. The van der Waals surface area contributed by atoms with Gasteiger partial charge in [-0.25, -0.2) is 0 Å². The second-order valence-corrected chi connectivity index (χ2v) is 6.71. The molecule has 2 aromatic carbocycles. The maximum absolute atomic E-state index is 11.9. The van der Waals surface area contributed by atoms with E-state index in [9.17, 15) is 4.79 Å². The van der Waals surface area contributed by atoms with Crippen molar-refractivity contribution in [2.75, 3.05) is 0 Å². The summed E-state index contributed by atoms with van der Waals surface area (Å²) in [6, 6.07) is 12.8. The Labute approximate surface area is 131 Å². The van der Waals surface area contributed by atoms with Crippen LogP contribution in [-0.4, -0.2) is 5.91 Å². The Balaban J connectivity index is 2.17. The van der Waals surface area contributed by atoms with Crippen LogP contribution >= 0.6 is 0 Å². The fraction of sp³-hybridized carbons (Fsp3) is 0.316. The van der Waals surface area contributed by atoms with Crippen molar-refractivity contribution in [1.82, 2.24) is 10.9 Å². The number of hydrogen-bond donors (Lipinski definition) is 2. The molecular weight excluding hydrogens is 272 g/mol. The molecule has 1 heterocycles. The lowest BCUT2D eigenvalue weighted by Crippen LogP contribution is -2.28. The van der Waals surface area contributed by atoms with E-state index in [4.69, 9.17) is 0 Å². The summed E-state index contributed by atoms with van der Waals surface area (Å²) in [7, 11) is 0. The minimum Gasteiger partial charge on any atom is -0.302 e. The molecule has 114 valence electrons. The summed E-state index contributed by atoms with van der Waals surface area (Å²) in [4.78, 5) is 11.9. The summed E-state index contributed by atoms with van der Waals surface area (Å²) in [6.07, 6.45) is 2.07. The van der Waals surface area contributed by atoms with Crippen LogP contribution in [0.25, 0.3) is 16.8 Å². The number of carbonyl (C=O) groups is 1. The molecule has 1 aliphatic rings. The van der Waals surface area contributed by atoms with Crippen molar-refractivity contribution in [3.63, 3.8) is 0 Å². The molecule has 1 aliphatic heterocycles. The van der Waals surface area contributed by atoms with Crippen LogP contribution in [-0.2, 0) is 4.79 Å². The average Bonchev–Trinajstić information content (AvgIpc) is 2.73. The molecule has 0 atom stereocenters. The number of benzene rings is 2. The Kier molecular flexibility index (Phi) is 3.44. The molecule has 0 bridgehead atoms. The van der Waals surface area contributed by atoms with Gasteiger partial charge in [0.2, 0.25) is 5.91 Å². The van der Waals surface area contributed by atoms with Crippen molar-refractivity contribution in [2.24, 2.45) is 5.41 Å². The molecule has 1 saturated heterocycles. The molecule has 3 nitrogen and oxygen atoms in total. The van der Waals surface area contributed by atoms with Crippen LogP contribution in [0.2, 0.25) is 0 Å². The lowest BCUT2D eigenvalue weighted by Gasteiger charge is -2.16. The molecule has 22 heavy (non-hydrogen) atoms. The van der Waals surface area contributed by atoms with Gasteiger partial charge in [-0.2, -0.15) is 0 Å². The Hall–Kier alpha value is -2.29. The minimum absolute atomic E-state index is 0.00172. The van der Waals surface area contributed by atoms with E-state index in [0.29, 0.717) is 5.92 Å². The normalized spacial score (nSPS) is 18.8. The minimum atomic E-state index is -0.530. The van der Waals surface area contributed by atoms with E-state index in [1.54, 1.807) is 0 Å². The quantitative estimate of drug-likeness (QED) is 0.880. The molecule has 1 amide bonds. The molecule has 2 N–H and O–H groups in total. The lowest BCUT2D eigenvalue weighted by atomic mass is 9.88. The summed E-state index contributed by atoms with van der Waals surface area (Å²) in [6.45, 7) is 8.28. The van der Waals surface area contributed by atoms with Gasteiger partial charge in [-0.1, -0.05) is 50.2 Å². The monoisotopic (exact) mass is 294 g/mol. The van der Waals surface area contributed by atoms with Crippen molar-refractivity contribution in [1.29, 1.82) is 0 Å². The van der Waals surface area contributed by atoms with E-state index in [2.05, 4.69) is 67.2 Å². The summed E-state index contributed by atoms with van der Waals surface area (Å²) < 4.78 is 0. The third-order valence-corrected chi connectivity index (χ3v) is 4.46. The Morgan fingerprint density at radius 3 is 2.32 bits per heavy atom. The highest BCUT2D eigenvalue weighted by atomic mass is 16.2. The molecule has 3 heteroatoms. The van der Waals surface area contributed by atoms with Crippen LogP contribution in [0, 0.1) is 5.41 Å². The van der Waals surface area contributed by atoms with Crippen LogP contribution in [0.5, 0.6) is 0 Å². The third kappa shape index (κ3) is 2.27. The SMILES string of the molecule is CC(C)c1cccc2c(/C=C3\NNC(=O)C3(C)C)cccc12. The summed E-state index contributed by atoms with van der Waals surface area (Å²) >= 11 is 0. The summed E-state index contributed by atoms with van der Waals surface area (Å²) in [5.74, 6) is 0.484. The van der Waals surface area contributed by atoms with Gasteiger partial charge >= 0.3 is 0 Å². The van der Waals surface area contributed by atoms with Crippen LogP contribution < -0.4 is 10.9 Å². The molecule has 0 radical (unpaired) electrons. The van der Waals surface area contributed by atoms with Gasteiger partial charge in [-0.05, 0) is 47.7 Å². The Bertz CT molecular complexity index is 772. The van der Waals surface area contributed by atoms with Gasteiger partial charge in [0.05, 0.1) is 5.41 Å². The molecule has 0 spiro atoms. The van der Waals surface area contributed by atoms with Crippen molar-refractivity contribution in [3.8, 4) is 0 Å². The second kappa shape index (κ2) is 5.16. The molecule has 0 aromatic heterocycles. The number of rotatable bonds is 2. The highest BCUT2D eigenvalue weighted by Gasteiger charge is 2.37. The first-order valence-electron chi connectivity index (χ1n) is 7.71. The first-order valence-corrected chi connectivity index (χ1v) is 7.71.